The Balaban J connectivity index is 2.25. The third-order valence-electron chi connectivity index (χ3n) is 3.02. The maximum Gasteiger partial charge on any atom is 0.163 e. The fourth-order valence-electron chi connectivity index (χ4n) is 1.94. The van der Waals surface area contributed by atoms with E-state index in [1.807, 2.05) is 6.92 Å². The maximum absolute atomic E-state index is 11.6. The van der Waals surface area contributed by atoms with Gasteiger partial charge in [0, 0.05) is 18.3 Å². The van der Waals surface area contributed by atoms with Crippen LogP contribution in [-0.4, -0.2) is 15.6 Å². The van der Waals surface area contributed by atoms with Crippen LogP contribution in [0.5, 0.6) is 5.75 Å². The monoisotopic (exact) mass is 293 g/mol. The fraction of sp³-hybridized carbons (Fsp3) is 0.286. The van der Waals surface area contributed by atoms with Gasteiger partial charge in [-0.25, -0.2) is 0 Å². The Morgan fingerprint density at radius 1 is 1.50 bits per heavy atom. The Morgan fingerprint density at radius 3 is 2.75 bits per heavy atom. The molecule has 0 aliphatic carbocycles. The molecule has 1 heterocycles. The minimum Gasteiger partial charge on any atom is -0.488 e. The van der Waals surface area contributed by atoms with Crippen LogP contribution >= 0.6 is 11.6 Å². The van der Waals surface area contributed by atoms with Crippen LogP contribution in [0.4, 0.5) is 5.69 Å². The van der Waals surface area contributed by atoms with E-state index in [1.165, 1.54) is 6.92 Å². The van der Waals surface area contributed by atoms with Crippen molar-refractivity contribution in [3.63, 3.8) is 0 Å². The number of halogens is 1. The summed E-state index contributed by atoms with van der Waals surface area (Å²) in [6.07, 6.45) is 0. The molecule has 0 aliphatic rings. The SMILES string of the molecule is CC(=O)c1cc(N)ccc1OCc1c(C)nn(C)c1Cl. The first-order valence-electron chi connectivity index (χ1n) is 6.11. The van der Waals surface area contributed by atoms with Crippen molar-refractivity contribution in [2.75, 3.05) is 5.73 Å². The van der Waals surface area contributed by atoms with E-state index < -0.39 is 0 Å². The number of hydrogen-bond donors (Lipinski definition) is 1. The quantitative estimate of drug-likeness (QED) is 0.695. The van der Waals surface area contributed by atoms with Crippen molar-refractivity contribution in [3.05, 3.63) is 40.2 Å². The summed E-state index contributed by atoms with van der Waals surface area (Å²) in [5, 5.41) is 4.74. The predicted octanol–water partition coefficient (Wildman–Crippen LogP) is 2.75. The summed E-state index contributed by atoms with van der Waals surface area (Å²) in [4.78, 5) is 11.6. The lowest BCUT2D eigenvalue weighted by Gasteiger charge is -2.10. The zero-order valence-electron chi connectivity index (χ0n) is 11.6. The van der Waals surface area contributed by atoms with Crippen molar-refractivity contribution in [1.29, 1.82) is 0 Å². The van der Waals surface area contributed by atoms with E-state index in [1.54, 1.807) is 29.9 Å². The lowest BCUT2D eigenvalue weighted by Crippen LogP contribution is -2.03. The van der Waals surface area contributed by atoms with Gasteiger partial charge in [-0.1, -0.05) is 11.6 Å². The molecule has 0 saturated heterocycles. The minimum atomic E-state index is -0.0960. The highest BCUT2D eigenvalue weighted by atomic mass is 35.5. The summed E-state index contributed by atoms with van der Waals surface area (Å²) in [5.74, 6) is 0.396. The van der Waals surface area contributed by atoms with Crippen LogP contribution in [0.1, 0.15) is 28.5 Å². The maximum atomic E-state index is 11.6. The second-order valence-corrected chi connectivity index (χ2v) is 4.94. The summed E-state index contributed by atoms with van der Waals surface area (Å²) in [5.41, 5.74) is 8.28. The number of aryl methyl sites for hydroxylation is 2. The van der Waals surface area contributed by atoms with Gasteiger partial charge in [0.15, 0.2) is 5.78 Å². The molecule has 20 heavy (non-hydrogen) atoms. The zero-order valence-corrected chi connectivity index (χ0v) is 12.4. The summed E-state index contributed by atoms with van der Waals surface area (Å²) in [6, 6.07) is 4.99. The van der Waals surface area contributed by atoms with Crippen LogP contribution in [0.25, 0.3) is 0 Å². The van der Waals surface area contributed by atoms with Crippen LogP contribution < -0.4 is 10.5 Å². The molecule has 6 heteroatoms. The van der Waals surface area contributed by atoms with Crippen LogP contribution in [0, 0.1) is 6.92 Å². The van der Waals surface area contributed by atoms with Crippen molar-refractivity contribution in [2.45, 2.75) is 20.5 Å². The van der Waals surface area contributed by atoms with Gasteiger partial charge in [0.25, 0.3) is 0 Å². The summed E-state index contributed by atoms with van der Waals surface area (Å²) >= 11 is 6.14. The summed E-state index contributed by atoms with van der Waals surface area (Å²) in [6.45, 7) is 3.59. The molecule has 106 valence electrons. The van der Waals surface area contributed by atoms with Gasteiger partial charge < -0.3 is 10.5 Å². The normalized spacial score (nSPS) is 10.6. The van der Waals surface area contributed by atoms with E-state index in [0.29, 0.717) is 22.2 Å². The molecule has 1 aromatic carbocycles. The van der Waals surface area contributed by atoms with Crippen molar-refractivity contribution < 1.29 is 9.53 Å². The minimum absolute atomic E-state index is 0.0960. The van der Waals surface area contributed by atoms with Gasteiger partial charge >= 0.3 is 0 Å². The molecule has 0 fully saturated rings. The number of aromatic nitrogens is 2. The largest absolute Gasteiger partial charge is 0.488 e. The van der Waals surface area contributed by atoms with Crippen LogP contribution in [-0.2, 0) is 13.7 Å². The van der Waals surface area contributed by atoms with E-state index in [9.17, 15) is 4.79 Å². The number of ketones is 1. The van der Waals surface area contributed by atoms with E-state index in [-0.39, 0.29) is 12.4 Å². The topological polar surface area (TPSA) is 70.1 Å². The molecule has 2 aromatic rings. The second kappa shape index (κ2) is 5.54. The van der Waals surface area contributed by atoms with Crippen molar-refractivity contribution in [3.8, 4) is 5.75 Å². The molecule has 2 N–H and O–H groups in total. The second-order valence-electron chi connectivity index (χ2n) is 4.58. The third kappa shape index (κ3) is 2.77. The van der Waals surface area contributed by atoms with E-state index in [4.69, 9.17) is 22.1 Å². The third-order valence-corrected chi connectivity index (χ3v) is 3.50. The van der Waals surface area contributed by atoms with E-state index in [2.05, 4.69) is 5.10 Å². The van der Waals surface area contributed by atoms with E-state index in [0.717, 1.165) is 11.3 Å². The fourth-order valence-corrected chi connectivity index (χ4v) is 2.17. The number of nitrogens with two attached hydrogens (primary N) is 1. The Morgan fingerprint density at radius 2 is 2.20 bits per heavy atom. The molecule has 0 bridgehead atoms. The number of carbonyl (C=O) groups excluding carboxylic acids is 1. The number of benzene rings is 1. The molecule has 0 saturated carbocycles. The lowest BCUT2D eigenvalue weighted by molar-refractivity contribution is 0.101. The molecule has 0 atom stereocenters. The Labute approximate surface area is 122 Å². The Bertz CT molecular complexity index is 665. The van der Waals surface area contributed by atoms with Crippen LogP contribution in [0.15, 0.2) is 18.2 Å². The number of ether oxygens (including phenoxy) is 1. The molecular weight excluding hydrogens is 278 g/mol. The first kappa shape index (κ1) is 14.4. The predicted molar refractivity (Wildman–Crippen MR) is 78.1 cm³/mol. The van der Waals surface area contributed by atoms with E-state index >= 15 is 0 Å². The van der Waals surface area contributed by atoms with Gasteiger partial charge in [-0.05, 0) is 32.0 Å². The molecule has 0 aliphatic heterocycles. The molecule has 5 nitrogen and oxygen atoms in total. The van der Waals surface area contributed by atoms with Crippen molar-refractivity contribution in [1.82, 2.24) is 9.78 Å². The molecule has 0 spiro atoms. The molecule has 0 radical (unpaired) electrons. The first-order chi connectivity index (χ1) is 9.40. The average Bonchev–Trinajstić information content (AvgIpc) is 2.62. The molecule has 1 aromatic heterocycles. The number of hydrogen-bond acceptors (Lipinski definition) is 4. The number of Topliss-reactive ketones (excluding diaryl/α,β-unsaturated/α-hetero) is 1. The van der Waals surface area contributed by atoms with Crippen LogP contribution in [0.2, 0.25) is 5.15 Å². The van der Waals surface area contributed by atoms with Gasteiger partial charge in [-0.3, -0.25) is 9.48 Å². The standard InChI is InChI=1S/C14H16ClN3O2/c1-8-12(14(15)18(3)17-8)7-20-13-5-4-10(16)6-11(13)9(2)19/h4-6H,7,16H2,1-3H3. The highest BCUT2D eigenvalue weighted by Gasteiger charge is 2.14. The molecule has 0 unspecified atom stereocenters. The molecule has 0 amide bonds. The number of nitrogens with zero attached hydrogens (tertiary/aromatic N) is 2. The summed E-state index contributed by atoms with van der Waals surface area (Å²) < 4.78 is 7.29. The Hall–Kier alpha value is -2.01. The van der Waals surface area contributed by atoms with Gasteiger partial charge in [0.2, 0.25) is 0 Å². The number of rotatable bonds is 4. The van der Waals surface area contributed by atoms with Gasteiger partial charge in [-0.2, -0.15) is 5.10 Å². The van der Waals surface area contributed by atoms with Crippen molar-refractivity contribution in [2.24, 2.45) is 7.05 Å². The Kier molecular flexibility index (Phi) is 3.99. The number of nitrogen functional groups attached to an aromatic ring is 1. The van der Waals surface area contributed by atoms with Gasteiger partial charge in [-0.15, -0.1) is 0 Å². The van der Waals surface area contributed by atoms with Crippen molar-refractivity contribution >= 4 is 23.1 Å². The number of carbonyl (C=O) groups is 1. The lowest BCUT2D eigenvalue weighted by atomic mass is 10.1. The molecular formula is C14H16ClN3O2. The highest BCUT2D eigenvalue weighted by Crippen LogP contribution is 2.25. The first-order valence-corrected chi connectivity index (χ1v) is 6.49. The van der Waals surface area contributed by atoms with Crippen LogP contribution in [0.3, 0.4) is 0 Å². The number of anilines is 1. The smallest absolute Gasteiger partial charge is 0.163 e. The summed E-state index contributed by atoms with van der Waals surface area (Å²) in [7, 11) is 1.77. The van der Waals surface area contributed by atoms with Gasteiger partial charge in [0.05, 0.1) is 11.3 Å². The van der Waals surface area contributed by atoms with Gasteiger partial charge in [0.1, 0.15) is 17.5 Å². The zero-order chi connectivity index (χ0) is 14.9. The average molecular weight is 294 g/mol. The molecule has 2 rings (SSSR count). The highest BCUT2D eigenvalue weighted by molar-refractivity contribution is 6.30.